The van der Waals surface area contributed by atoms with Crippen LogP contribution in [0.4, 0.5) is 4.79 Å². The average Bonchev–Trinajstić information content (AvgIpc) is 3.17. The molecule has 35 heavy (non-hydrogen) atoms. The fraction of sp³-hybridized carbons (Fsp3) is 0.348. The van der Waals surface area contributed by atoms with Crippen molar-refractivity contribution in [3.63, 3.8) is 0 Å². The predicted molar refractivity (Wildman–Crippen MR) is 132 cm³/mol. The van der Waals surface area contributed by atoms with Crippen LogP contribution >= 0.6 is 11.8 Å². The molecule has 4 N–H and O–H groups in total. The Bertz CT molecular complexity index is 1160. The summed E-state index contributed by atoms with van der Waals surface area (Å²) in [5, 5.41) is 17.0. The van der Waals surface area contributed by atoms with Gasteiger partial charge in [0.25, 0.3) is 0 Å². The third-order valence-corrected chi connectivity index (χ3v) is 8.85. The molecule has 188 valence electrons. The van der Waals surface area contributed by atoms with Gasteiger partial charge in [0.15, 0.2) is 0 Å². The summed E-state index contributed by atoms with van der Waals surface area (Å²) in [7, 11) is -3.99. The number of benzene rings is 2. The zero-order valence-corrected chi connectivity index (χ0v) is 20.9. The van der Waals surface area contributed by atoms with Crippen LogP contribution in [0, 0.1) is 0 Å². The van der Waals surface area contributed by atoms with Crippen molar-refractivity contribution >= 4 is 39.7 Å². The molecule has 0 aromatic heterocycles. The number of carbonyl (C=O) groups is 3. The molecule has 0 unspecified atom stereocenters. The van der Waals surface area contributed by atoms with Crippen LogP contribution in [-0.4, -0.2) is 65.0 Å². The van der Waals surface area contributed by atoms with E-state index in [0.717, 1.165) is 9.87 Å². The van der Waals surface area contributed by atoms with Crippen molar-refractivity contribution in [3.8, 4) is 0 Å². The van der Waals surface area contributed by atoms with Crippen LogP contribution in [-0.2, 0) is 26.2 Å². The van der Waals surface area contributed by atoms with Crippen molar-refractivity contribution in [1.82, 2.24) is 20.3 Å². The van der Waals surface area contributed by atoms with Crippen LogP contribution < -0.4 is 16.0 Å². The maximum atomic E-state index is 13.2. The molecule has 3 amide bonds. The number of carboxylic acids is 1. The maximum absolute atomic E-state index is 13.2. The number of nitrogens with zero attached hydrogens (tertiary/aromatic N) is 1. The van der Waals surface area contributed by atoms with Gasteiger partial charge in [-0.15, -0.1) is 11.8 Å². The number of hydrogen-bond acceptors (Lipinski definition) is 6. The van der Waals surface area contributed by atoms with E-state index in [1.165, 1.54) is 23.9 Å². The lowest BCUT2D eigenvalue weighted by Gasteiger charge is -2.30. The Morgan fingerprint density at radius 3 is 2.26 bits per heavy atom. The molecular weight excluding hydrogens is 492 g/mol. The van der Waals surface area contributed by atoms with Crippen molar-refractivity contribution < 1.29 is 27.9 Å². The number of hydrogen-bond donors (Lipinski definition) is 4. The van der Waals surface area contributed by atoms with E-state index >= 15 is 0 Å². The highest BCUT2D eigenvalue weighted by molar-refractivity contribution is 8.02. The van der Waals surface area contributed by atoms with Crippen molar-refractivity contribution in [3.05, 3.63) is 66.2 Å². The number of aliphatic carboxylic acids is 1. The number of thioether (sulfide) groups is 1. The van der Waals surface area contributed by atoms with E-state index in [0.29, 0.717) is 0 Å². The van der Waals surface area contributed by atoms with Crippen molar-refractivity contribution in [2.24, 2.45) is 0 Å². The van der Waals surface area contributed by atoms with Crippen LogP contribution in [0.1, 0.15) is 19.4 Å². The third-order valence-electron chi connectivity index (χ3n) is 5.49. The van der Waals surface area contributed by atoms with Crippen molar-refractivity contribution in [2.75, 3.05) is 12.4 Å². The predicted octanol–water partition coefficient (Wildman–Crippen LogP) is 1.60. The first kappa shape index (κ1) is 26.5. The molecule has 1 fully saturated rings. The third kappa shape index (κ3) is 6.53. The highest BCUT2D eigenvalue weighted by Crippen LogP contribution is 2.42. The molecule has 3 rings (SSSR count). The first-order valence-corrected chi connectivity index (χ1v) is 13.2. The Labute approximate surface area is 208 Å². The summed E-state index contributed by atoms with van der Waals surface area (Å²) in [6.45, 7) is 3.32. The number of nitrogens with one attached hydrogen (secondary N) is 3. The second-order valence-corrected chi connectivity index (χ2v) is 11.9. The van der Waals surface area contributed by atoms with E-state index in [9.17, 15) is 27.9 Å². The zero-order chi connectivity index (χ0) is 25.6. The highest BCUT2D eigenvalue weighted by Gasteiger charge is 2.51. The van der Waals surface area contributed by atoms with Gasteiger partial charge in [-0.25, -0.2) is 18.0 Å². The minimum Gasteiger partial charge on any atom is -0.480 e. The van der Waals surface area contributed by atoms with Gasteiger partial charge >= 0.3 is 12.0 Å². The number of sulfonamides is 1. The first-order valence-electron chi connectivity index (χ1n) is 10.8. The van der Waals surface area contributed by atoms with E-state index in [1.54, 1.807) is 32.0 Å². The Morgan fingerprint density at radius 2 is 1.66 bits per heavy atom. The quantitative estimate of drug-likeness (QED) is 0.393. The maximum Gasteiger partial charge on any atom is 0.328 e. The van der Waals surface area contributed by atoms with Crippen molar-refractivity contribution in [1.29, 1.82) is 0 Å². The molecule has 0 bridgehead atoms. The molecule has 0 spiro atoms. The summed E-state index contributed by atoms with van der Waals surface area (Å²) in [6.07, 6.45) is 0. The van der Waals surface area contributed by atoms with Gasteiger partial charge in [0, 0.05) is 11.3 Å². The number of amides is 3. The largest absolute Gasteiger partial charge is 0.480 e. The number of carbonyl (C=O) groups excluding carboxylic acids is 2. The summed E-state index contributed by atoms with van der Waals surface area (Å²) in [4.78, 5) is 37.1. The lowest BCUT2D eigenvalue weighted by Crippen LogP contribution is -2.58. The van der Waals surface area contributed by atoms with Crippen LogP contribution in [0.2, 0.25) is 0 Å². The van der Waals surface area contributed by atoms with E-state index < -0.39 is 44.8 Å². The van der Waals surface area contributed by atoms with E-state index in [1.807, 2.05) is 30.3 Å². The highest BCUT2D eigenvalue weighted by atomic mass is 32.2. The normalized spacial score (nSPS) is 18.4. The van der Waals surface area contributed by atoms with E-state index in [4.69, 9.17) is 0 Å². The van der Waals surface area contributed by atoms with E-state index in [-0.39, 0.29) is 23.9 Å². The molecule has 2 atom stereocenters. The monoisotopic (exact) mass is 520 g/mol. The molecule has 2 aromatic carbocycles. The van der Waals surface area contributed by atoms with Gasteiger partial charge < -0.3 is 21.1 Å². The van der Waals surface area contributed by atoms with Crippen LogP contribution in [0.25, 0.3) is 0 Å². The van der Waals surface area contributed by atoms with Gasteiger partial charge in [-0.1, -0.05) is 48.5 Å². The Balaban J connectivity index is 1.67. The molecule has 2 aromatic rings. The van der Waals surface area contributed by atoms with Gasteiger partial charge in [-0.05, 0) is 31.5 Å². The van der Waals surface area contributed by atoms with Gasteiger partial charge in [0.1, 0.15) is 12.1 Å². The molecule has 10 nitrogen and oxygen atoms in total. The van der Waals surface area contributed by atoms with Gasteiger partial charge in [-0.2, -0.15) is 4.31 Å². The summed E-state index contributed by atoms with van der Waals surface area (Å²) in [5.41, 5.74) is 0.867. The van der Waals surface area contributed by atoms with Gasteiger partial charge in [0.05, 0.1) is 17.3 Å². The van der Waals surface area contributed by atoms with Crippen LogP contribution in [0.15, 0.2) is 65.6 Å². The van der Waals surface area contributed by atoms with E-state index in [2.05, 4.69) is 16.0 Å². The summed E-state index contributed by atoms with van der Waals surface area (Å²) in [6, 6.07) is 13.7. The molecule has 12 heteroatoms. The van der Waals surface area contributed by atoms with Crippen LogP contribution in [0.3, 0.4) is 0 Å². The first-order chi connectivity index (χ1) is 16.5. The molecule has 0 radical (unpaired) electrons. The molecular formula is C23H28N4O6S2. The fourth-order valence-corrected chi connectivity index (χ4v) is 6.79. The summed E-state index contributed by atoms with van der Waals surface area (Å²) < 4.78 is 26.7. The second-order valence-electron chi connectivity index (χ2n) is 8.43. The zero-order valence-electron chi connectivity index (χ0n) is 19.3. The summed E-state index contributed by atoms with van der Waals surface area (Å²) >= 11 is 1.28. The topological polar surface area (TPSA) is 145 Å². The summed E-state index contributed by atoms with van der Waals surface area (Å²) in [5.74, 6) is -2.07. The molecule has 1 aliphatic heterocycles. The van der Waals surface area contributed by atoms with Crippen LogP contribution in [0.5, 0.6) is 0 Å². The lowest BCUT2D eigenvalue weighted by molar-refractivity contribution is -0.142. The molecule has 1 aliphatic rings. The van der Waals surface area contributed by atoms with Gasteiger partial charge in [0.2, 0.25) is 15.9 Å². The SMILES string of the molecule is CC1(C)SCN(S(=O)(=O)c2ccccc2)[C@H]1C(=O)N[C@@H](CNC(=O)NCc1ccccc1)C(=O)O. The smallest absolute Gasteiger partial charge is 0.328 e. The molecule has 0 saturated carbocycles. The lowest BCUT2D eigenvalue weighted by atomic mass is 10.0. The van der Waals surface area contributed by atoms with Crippen molar-refractivity contribution in [2.45, 2.75) is 42.1 Å². The number of urea groups is 1. The standard InChI is InChI=1S/C23H28N4O6S2/c1-23(2)19(27(15-34-23)35(32,33)17-11-7-4-8-12-17)20(28)26-18(21(29)30)14-25-22(31)24-13-16-9-5-3-6-10-16/h3-12,18-19H,13-15H2,1-2H3,(H,26,28)(H,29,30)(H2,24,25,31)/t18-,19-/m0/s1. The number of carboxylic acid groups (broad SMARTS) is 1. The Morgan fingerprint density at radius 1 is 1.06 bits per heavy atom. The van der Waals surface area contributed by atoms with Gasteiger partial charge in [-0.3, -0.25) is 4.79 Å². The average molecular weight is 521 g/mol. The Kier molecular flexibility index (Phi) is 8.41. The fourth-order valence-electron chi connectivity index (χ4n) is 3.60. The Hall–Kier alpha value is -3.09. The molecule has 1 saturated heterocycles. The second kappa shape index (κ2) is 11.1. The number of rotatable bonds is 9. The molecule has 0 aliphatic carbocycles. The minimum absolute atomic E-state index is 0.0419. The molecule has 1 heterocycles. The minimum atomic E-state index is -3.99.